The van der Waals surface area contributed by atoms with Crippen LogP contribution in [0.2, 0.25) is 0 Å². The number of methoxy groups -OCH3 is 2. The highest BCUT2D eigenvalue weighted by Crippen LogP contribution is 2.31. The number of nitro groups is 1. The molecule has 1 heterocycles. The molecule has 1 aliphatic rings. The smallest absolute Gasteiger partial charge is 0.312 e. The van der Waals surface area contributed by atoms with E-state index in [4.69, 9.17) is 9.47 Å². The summed E-state index contributed by atoms with van der Waals surface area (Å²) in [5, 5.41) is 11.2. The van der Waals surface area contributed by atoms with Crippen LogP contribution < -0.4 is 14.4 Å². The van der Waals surface area contributed by atoms with Crippen molar-refractivity contribution in [2.75, 3.05) is 45.3 Å². The van der Waals surface area contributed by atoms with Gasteiger partial charge in [-0.15, -0.1) is 0 Å². The molecule has 9 nitrogen and oxygen atoms in total. The lowest BCUT2D eigenvalue weighted by Crippen LogP contribution is -2.48. The summed E-state index contributed by atoms with van der Waals surface area (Å²) in [5.74, 6) is 0.777. The third-order valence-electron chi connectivity index (χ3n) is 4.66. The molecule has 1 saturated heterocycles. The average Bonchev–Trinajstić information content (AvgIpc) is 2.73. The number of anilines is 1. The van der Waals surface area contributed by atoms with Crippen molar-refractivity contribution in [1.29, 1.82) is 0 Å². The third kappa shape index (κ3) is 3.87. The average molecular weight is 407 g/mol. The van der Waals surface area contributed by atoms with Gasteiger partial charge in [0.25, 0.3) is 0 Å². The highest BCUT2D eigenvalue weighted by molar-refractivity contribution is 7.89. The molecule has 2 aromatic carbocycles. The molecule has 0 aromatic heterocycles. The van der Waals surface area contributed by atoms with Crippen LogP contribution in [-0.4, -0.2) is 58.0 Å². The molecule has 1 aliphatic heterocycles. The molecule has 0 bridgehead atoms. The lowest BCUT2D eigenvalue weighted by molar-refractivity contribution is -0.386. The molecule has 10 heteroatoms. The van der Waals surface area contributed by atoms with Crippen molar-refractivity contribution in [3.63, 3.8) is 0 Å². The van der Waals surface area contributed by atoms with Gasteiger partial charge in [0.05, 0.1) is 24.0 Å². The minimum atomic E-state index is -3.83. The summed E-state index contributed by atoms with van der Waals surface area (Å²) in [4.78, 5) is 12.5. The SMILES string of the molecule is COc1ccc(N2CCN(S(=O)(=O)c3ccc(OC)c([N+](=O)[O-])c3)CC2)cc1. The predicted molar refractivity (Wildman–Crippen MR) is 104 cm³/mol. The first-order valence-electron chi connectivity index (χ1n) is 8.58. The van der Waals surface area contributed by atoms with Crippen LogP contribution in [0.15, 0.2) is 47.4 Å². The molecule has 28 heavy (non-hydrogen) atoms. The standard InChI is InChI=1S/C18H21N3O6S/c1-26-15-5-3-14(4-6-15)19-9-11-20(12-10-19)28(24,25)16-7-8-18(27-2)17(13-16)21(22)23/h3-8,13H,9-12H2,1-2H3. The lowest BCUT2D eigenvalue weighted by Gasteiger charge is -2.35. The molecule has 0 aliphatic carbocycles. The van der Waals surface area contributed by atoms with Gasteiger partial charge in [0.2, 0.25) is 10.0 Å². The zero-order valence-electron chi connectivity index (χ0n) is 15.6. The van der Waals surface area contributed by atoms with Crippen molar-refractivity contribution in [2.24, 2.45) is 0 Å². The maximum absolute atomic E-state index is 12.9. The number of benzene rings is 2. The predicted octanol–water partition coefficient (Wildman–Crippen LogP) is 2.12. The maximum atomic E-state index is 12.9. The minimum Gasteiger partial charge on any atom is -0.497 e. The number of ether oxygens (including phenoxy) is 2. The first-order chi connectivity index (χ1) is 13.4. The minimum absolute atomic E-state index is 0.0216. The van der Waals surface area contributed by atoms with Gasteiger partial charge in [0.15, 0.2) is 5.75 Å². The van der Waals surface area contributed by atoms with E-state index in [1.807, 2.05) is 24.3 Å². The van der Waals surface area contributed by atoms with Gasteiger partial charge in [0.1, 0.15) is 5.75 Å². The Balaban J connectivity index is 1.75. The van der Waals surface area contributed by atoms with Gasteiger partial charge < -0.3 is 14.4 Å². The molecular weight excluding hydrogens is 386 g/mol. The van der Waals surface area contributed by atoms with E-state index < -0.39 is 14.9 Å². The van der Waals surface area contributed by atoms with E-state index in [-0.39, 0.29) is 29.4 Å². The molecule has 2 aromatic rings. The van der Waals surface area contributed by atoms with Gasteiger partial charge >= 0.3 is 5.69 Å². The Kier molecular flexibility index (Phi) is 5.71. The Morgan fingerprint density at radius 1 is 0.964 bits per heavy atom. The molecule has 3 rings (SSSR count). The normalized spacial score (nSPS) is 15.3. The van der Waals surface area contributed by atoms with E-state index in [2.05, 4.69) is 4.90 Å². The molecule has 0 N–H and O–H groups in total. The number of hydrogen-bond donors (Lipinski definition) is 0. The Labute approximate surface area is 163 Å². The van der Waals surface area contributed by atoms with Gasteiger partial charge in [-0.25, -0.2) is 8.42 Å². The molecule has 0 amide bonds. The van der Waals surface area contributed by atoms with Gasteiger partial charge in [0, 0.05) is 37.9 Å². The number of nitrogens with zero attached hydrogens (tertiary/aromatic N) is 3. The van der Waals surface area contributed by atoms with Crippen LogP contribution in [0.1, 0.15) is 0 Å². The molecule has 0 saturated carbocycles. The zero-order chi connectivity index (χ0) is 20.3. The second-order valence-corrected chi connectivity index (χ2v) is 8.12. The van der Waals surface area contributed by atoms with E-state index >= 15 is 0 Å². The van der Waals surface area contributed by atoms with Crippen LogP contribution in [0, 0.1) is 10.1 Å². The quantitative estimate of drug-likeness (QED) is 0.534. The van der Waals surface area contributed by atoms with Crippen LogP contribution in [0.3, 0.4) is 0 Å². The number of piperazine rings is 1. The summed E-state index contributed by atoms with van der Waals surface area (Å²) in [6, 6.07) is 11.2. The maximum Gasteiger partial charge on any atom is 0.312 e. The monoisotopic (exact) mass is 407 g/mol. The van der Waals surface area contributed by atoms with E-state index in [1.165, 1.54) is 23.5 Å². The molecule has 0 atom stereocenters. The number of rotatable bonds is 6. The topological polar surface area (TPSA) is 102 Å². The Morgan fingerprint density at radius 2 is 1.61 bits per heavy atom. The van der Waals surface area contributed by atoms with Crippen LogP contribution in [0.4, 0.5) is 11.4 Å². The van der Waals surface area contributed by atoms with Gasteiger partial charge in [-0.1, -0.05) is 0 Å². The first-order valence-corrected chi connectivity index (χ1v) is 10.0. The van der Waals surface area contributed by atoms with Crippen molar-refractivity contribution in [2.45, 2.75) is 4.90 Å². The van der Waals surface area contributed by atoms with Gasteiger partial charge in [-0.2, -0.15) is 4.31 Å². The number of hydrogen-bond acceptors (Lipinski definition) is 7. The van der Waals surface area contributed by atoms with Crippen LogP contribution in [0.5, 0.6) is 11.5 Å². The highest BCUT2D eigenvalue weighted by atomic mass is 32.2. The second kappa shape index (κ2) is 8.03. The second-order valence-electron chi connectivity index (χ2n) is 6.18. The highest BCUT2D eigenvalue weighted by Gasteiger charge is 2.30. The summed E-state index contributed by atoms with van der Waals surface area (Å²) in [6.45, 7) is 1.61. The molecule has 150 valence electrons. The van der Waals surface area contributed by atoms with Crippen molar-refractivity contribution >= 4 is 21.4 Å². The van der Waals surface area contributed by atoms with Crippen molar-refractivity contribution in [3.05, 3.63) is 52.6 Å². The number of sulfonamides is 1. The van der Waals surface area contributed by atoms with E-state index in [9.17, 15) is 18.5 Å². The Bertz CT molecular complexity index is 954. The summed E-state index contributed by atoms with van der Waals surface area (Å²) in [6.07, 6.45) is 0. The van der Waals surface area contributed by atoms with Crippen molar-refractivity contribution < 1.29 is 22.8 Å². The molecule has 1 fully saturated rings. The van der Waals surface area contributed by atoms with Crippen LogP contribution in [0.25, 0.3) is 0 Å². The Hall–Kier alpha value is -2.85. The zero-order valence-corrected chi connectivity index (χ0v) is 16.4. The first kappa shape index (κ1) is 19.9. The Morgan fingerprint density at radius 3 is 2.14 bits per heavy atom. The fourth-order valence-corrected chi connectivity index (χ4v) is 4.54. The van der Waals surface area contributed by atoms with Gasteiger partial charge in [-0.05, 0) is 36.4 Å². The van der Waals surface area contributed by atoms with Crippen molar-refractivity contribution in [1.82, 2.24) is 4.31 Å². The summed E-state index contributed by atoms with van der Waals surface area (Å²) in [5.41, 5.74) is 0.610. The van der Waals surface area contributed by atoms with Gasteiger partial charge in [-0.3, -0.25) is 10.1 Å². The van der Waals surface area contributed by atoms with Crippen LogP contribution in [-0.2, 0) is 10.0 Å². The molecule has 0 radical (unpaired) electrons. The van der Waals surface area contributed by atoms with Crippen molar-refractivity contribution in [3.8, 4) is 11.5 Å². The lowest BCUT2D eigenvalue weighted by atomic mass is 10.2. The largest absolute Gasteiger partial charge is 0.497 e. The van der Waals surface area contributed by atoms with E-state index in [0.29, 0.717) is 13.1 Å². The van der Waals surface area contributed by atoms with E-state index in [0.717, 1.165) is 17.5 Å². The molecule has 0 unspecified atom stereocenters. The van der Waals surface area contributed by atoms with Crippen LogP contribution >= 0.6 is 0 Å². The molecule has 0 spiro atoms. The fraction of sp³-hybridized carbons (Fsp3) is 0.333. The summed E-state index contributed by atoms with van der Waals surface area (Å²) >= 11 is 0. The number of nitro benzene ring substituents is 1. The summed E-state index contributed by atoms with van der Waals surface area (Å²) < 4.78 is 37.3. The third-order valence-corrected chi connectivity index (χ3v) is 6.56. The molecular formula is C18H21N3O6S. The summed E-state index contributed by atoms with van der Waals surface area (Å²) in [7, 11) is -0.933. The van der Waals surface area contributed by atoms with E-state index in [1.54, 1.807) is 7.11 Å². The fourth-order valence-electron chi connectivity index (χ4n) is 3.10.